The average molecular weight is 224 g/mol. The largest absolute Gasteiger partial charge is 0.504 e. The van der Waals surface area contributed by atoms with Crippen LogP contribution in [0.15, 0.2) is 12.1 Å². The van der Waals surface area contributed by atoms with Crippen molar-refractivity contribution in [1.29, 1.82) is 0 Å². The van der Waals surface area contributed by atoms with Gasteiger partial charge in [0.05, 0.1) is 0 Å². The maximum absolute atomic E-state index is 12.0. The number of aliphatic hydroxyl groups excluding tert-OH is 1. The summed E-state index contributed by atoms with van der Waals surface area (Å²) in [5, 5.41) is 35.4. The number of aliphatic hydroxyl groups is 1. The van der Waals surface area contributed by atoms with E-state index >= 15 is 0 Å². The molecule has 0 aliphatic carbocycles. The molecule has 0 aliphatic rings. The van der Waals surface area contributed by atoms with Crippen LogP contribution in [0, 0.1) is 0 Å². The first-order valence-corrected chi connectivity index (χ1v) is 3.73. The van der Waals surface area contributed by atoms with Crippen LogP contribution in [0.25, 0.3) is 0 Å². The lowest BCUT2D eigenvalue weighted by atomic mass is 10.1. The summed E-state index contributed by atoms with van der Waals surface area (Å²) in [4.78, 5) is 0. The molecule has 0 radical (unpaired) electrons. The maximum Gasteiger partial charge on any atom is 0.418 e. The van der Waals surface area contributed by atoms with Gasteiger partial charge in [0.1, 0.15) is 0 Å². The zero-order chi connectivity index (χ0) is 11.8. The highest BCUT2D eigenvalue weighted by atomic mass is 19.4. The molecule has 15 heavy (non-hydrogen) atoms. The van der Waals surface area contributed by atoms with Crippen molar-refractivity contribution in [3.05, 3.63) is 17.7 Å². The average Bonchev–Trinajstić information content (AvgIpc) is 2.10. The summed E-state index contributed by atoms with van der Waals surface area (Å²) >= 11 is 0. The third-order valence-corrected chi connectivity index (χ3v) is 1.72. The Morgan fingerprint density at radius 3 is 1.73 bits per heavy atom. The van der Waals surface area contributed by atoms with Crippen molar-refractivity contribution >= 4 is 0 Å². The summed E-state index contributed by atoms with van der Waals surface area (Å²) in [5.74, 6) is -2.81. The monoisotopic (exact) mass is 224 g/mol. The molecule has 0 fully saturated rings. The van der Waals surface area contributed by atoms with E-state index in [2.05, 4.69) is 0 Å². The second kappa shape index (κ2) is 3.50. The van der Waals surface area contributed by atoms with Crippen LogP contribution >= 0.6 is 0 Å². The Hall–Kier alpha value is -1.63. The minimum atomic E-state index is -4.91. The van der Waals surface area contributed by atoms with Crippen molar-refractivity contribution in [2.45, 2.75) is 12.3 Å². The Balaban J connectivity index is 3.17. The lowest BCUT2D eigenvalue weighted by Crippen LogP contribution is -2.20. The van der Waals surface area contributed by atoms with E-state index in [0.29, 0.717) is 12.1 Å². The third-order valence-electron chi connectivity index (χ3n) is 1.72. The summed E-state index contributed by atoms with van der Waals surface area (Å²) in [7, 11) is 0. The van der Waals surface area contributed by atoms with Crippen molar-refractivity contribution in [3.8, 4) is 17.2 Å². The van der Waals surface area contributed by atoms with Gasteiger partial charge in [-0.3, -0.25) is 0 Å². The minimum Gasteiger partial charge on any atom is -0.504 e. The lowest BCUT2D eigenvalue weighted by molar-refractivity contribution is -0.206. The quantitative estimate of drug-likeness (QED) is 0.543. The SMILES string of the molecule is Oc1cc(C(O)C(F)(F)F)cc(O)c1O. The van der Waals surface area contributed by atoms with Crippen molar-refractivity contribution < 1.29 is 33.6 Å². The van der Waals surface area contributed by atoms with Gasteiger partial charge in [-0.15, -0.1) is 0 Å². The number of hydrogen-bond donors (Lipinski definition) is 4. The summed E-state index contributed by atoms with van der Waals surface area (Å²) in [6, 6.07) is 1.04. The fourth-order valence-electron chi connectivity index (χ4n) is 0.972. The van der Waals surface area contributed by atoms with Gasteiger partial charge in [-0.1, -0.05) is 0 Å². The van der Waals surface area contributed by atoms with E-state index in [-0.39, 0.29) is 0 Å². The van der Waals surface area contributed by atoms with E-state index in [1.807, 2.05) is 0 Å². The second-order valence-electron chi connectivity index (χ2n) is 2.85. The topological polar surface area (TPSA) is 80.9 Å². The van der Waals surface area contributed by atoms with Crippen LogP contribution in [0.2, 0.25) is 0 Å². The van der Waals surface area contributed by atoms with Crippen LogP contribution < -0.4 is 0 Å². The number of benzene rings is 1. The molecule has 7 heteroatoms. The summed E-state index contributed by atoms with van der Waals surface area (Å²) in [5.41, 5.74) is -0.754. The first kappa shape index (κ1) is 11.4. The van der Waals surface area contributed by atoms with Gasteiger partial charge in [0.15, 0.2) is 23.4 Å². The molecule has 0 spiro atoms. The van der Waals surface area contributed by atoms with Crippen LogP contribution in [-0.2, 0) is 0 Å². The van der Waals surface area contributed by atoms with Gasteiger partial charge in [-0.25, -0.2) is 0 Å². The molecule has 0 saturated heterocycles. The predicted octanol–water partition coefficient (Wildman–Crippen LogP) is 1.40. The summed E-state index contributed by atoms with van der Waals surface area (Å²) < 4.78 is 36.1. The highest BCUT2D eigenvalue weighted by Crippen LogP contribution is 2.40. The predicted molar refractivity (Wildman–Crippen MR) is 42.5 cm³/mol. The second-order valence-corrected chi connectivity index (χ2v) is 2.85. The van der Waals surface area contributed by atoms with E-state index in [1.54, 1.807) is 0 Å². The number of halogens is 3. The first-order valence-electron chi connectivity index (χ1n) is 3.73. The van der Waals surface area contributed by atoms with Crippen LogP contribution in [0.5, 0.6) is 17.2 Å². The molecule has 1 aromatic carbocycles. The van der Waals surface area contributed by atoms with Gasteiger partial charge in [-0.05, 0) is 17.7 Å². The molecule has 1 aromatic rings. The number of phenols is 3. The molecule has 0 aromatic heterocycles. The van der Waals surface area contributed by atoms with Crippen LogP contribution in [-0.4, -0.2) is 26.6 Å². The van der Waals surface area contributed by atoms with Crippen molar-refractivity contribution in [2.75, 3.05) is 0 Å². The van der Waals surface area contributed by atoms with Gasteiger partial charge >= 0.3 is 6.18 Å². The zero-order valence-corrected chi connectivity index (χ0v) is 7.15. The van der Waals surface area contributed by atoms with E-state index < -0.39 is 35.1 Å². The molecule has 1 atom stereocenters. The molecule has 0 bridgehead atoms. The van der Waals surface area contributed by atoms with Crippen LogP contribution in [0.4, 0.5) is 13.2 Å². The van der Waals surface area contributed by atoms with E-state index in [0.717, 1.165) is 0 Å². The third kappa shape index (κ3) is 2.24. The van der Waals surface area contributed by atoms with E-state index in [1.165, 1.54) is 0 Å². The highest BCUT2D eigenvalue weighted by Gasteiger charge is 2.40. The Morgan fingerprint density at radius 1 is 1.00 bits per heavy atom. The highest BCUT2D eigenvalue weighted by molar-refractivity contribution is 5.51. The molecule has 0 amide bonds. The van der Waals surface area contributed by atoms with Gasteiger partial charge in [0.2, 0.25) is 0 Å². The number of aromatic hydroxyl groups is 3. The Labute approximate surface area is 81.8 Å². The van der Waals surface area contributed by atoms with Crippen LogP contribution in [0.3, 0.4) is 0 Å². The molecular formula is C8H7F3O4. The Bertz CT molecular complexity index is 352. The number of phenolic OH excluding ortho intramolecular Hbond substituents is 3. The molecule has 4 N–H and O–H groups in total. The van der Waals surface area contributed by atoms with Crippen molar-refractivity contribution in [2.24, 2.45) is 0 Å². The zero-order valence-electron chi connectivity index (χ0n) is 7.15. The molecule has 0 saturated carbocycles. The maximum atomic E-state index is 12.0. The summed E-state index contributed by atoms with van der Waals surface area (Å²) in [6.45, 7) is 0. The molecule has 0 aliphatic heterocycles. The summed E-state index contributed by atoms with van der Waals surface area (Å²) in [6.07, 6.45) is -7.73. The minimum absolute atomic E-state index is 0.521. The molecule has 1 rings (SSSR count). The Morgan fingerprint density at radius 2 is 1.40 bits per heavy atom. The van der Waals surface area contributed by atoms with E-state index in [9.17, 15) is 13.2 Å². The smallest absolute Gasteiger partial charge is 0.418 e. The Kier molecular flexibility index (Phi) is 2.67. The number of hydrogen-bond acceptors (Lipinski definition) is 4. The lowest BCUT2D eigenvalue weighted by Gasteiger charge is -2.15. The molecule has 84 valence electrons. The van der Waals surface area contributed by atoms with Gasteiger partial charge in [0, 0.05) is 0 Å². The fraction of sp³-hybridized carbons (Fsp3) is 0.250. The normalized spacial score (nSPS) is 13.9. The van der Waals surface area contributed by atoms with Crippen molar-refractivity contribution in [3.63, 3.8) is 0 Å². The molecule has 1 unspecified atom stereocenters. The van der Waals surface area contributed by atoms with Gasteiger partial charge in [0.25, 0.3) is 0 Å². The molecule has 4 nitrogen and oxygen atoms in total. The first-order chi connectivity index (χ1) is 6.73. The van der Waals surface area contributed by atoms with Gasteiger partial charge < -0.3 is 20.4 Å². The fourth-order valence-corrected chi connectivity index (χ4v) is 0.972. The molecular weight excluding hydrogens is 217 g/mol. The number of rotatable bonds is 1. The van der Waals surface area contributed by atoms with E-state index in [4.69, 9.17) is 20.4 Å². The standard InChI is InChI=1S/C8H7F3O4/c9-8(10,11)7(15)3-1-4(12)6(14)5(13)2-3/h1-2,7,12-15H. The number of alkyl halides is 3. The van der Waals surface area contributed by atoms with Crippen molar-refractivity contribution in [1.82, 2.24) is 0 Å². The molecule has 0 heterocycles. The van der Waals surface area contributed by atoms with Gasteiger partial charge in [-0.2, -0.15) is 13.2 Å². The van der Waals surface area contributed by atoms with Crippen LogP contribution in [0.1, 0.15) is 11.7 Å².